The van der Waals surface area contributed by atoms with Gasteiger partial charge in [0.05, 0.1) is 0 Å². The SMILES string of the molecule is CCNCC.CCSC. The molecule has 0 aliphatic rings. The first-order chi connectivity index (χ1) is 4.33. The van der Waals surface area contributed by atoms with Crippen molar-refractivity contribution < 1.29 is 0 Å². The van der Waals surface area contributed by atoms with Gasteiger partial charge in [-0.25, -0.2) is 0 Å². The first-order valence-electron chi connectivity index (χ1n) is 3.53. The van der Waals surface area contributed by atoms with E-state index in [1.54, 1.807) is 0 Å². The number of nitrogens with one attached hydrogen (secondary N) is 1. The molecule has 0 heterocycles. The molecule has 1 N–H and O–H groups in total. The molecule has 0 bridgehead atoms. The van der Waals surface area contributed by atoms with Crippen molar-refractivity contribution in [1.82, 2.24) is 5.32 Å². The minimum absolute atomic E-state index is 1.09. The Morgan fingerprint density at radius 3 is 1.44 bits per heavy atom. The van der Waals surface area contributed by atoms with E-state index >= 15 is 0 Å². The van der Waals surface area contributed by atoms with E-state index < -0.39 is 0 Å². The van der Waals surface area contributed by atoms with Crippen molar-refractivity contribution in [3.8, 4) is 0 Å². The van der Waals surface area contributed by atoms with Gasteiger partial charge < -0.3 is 5.32 Å². The lowest BCUT2D eigenvalue weighted by Crippen LogP contribution is -2.09. The molecule has 2 heteroatoms. The van der Waals surface area contributed by atoms with Crippen molar-refractivity contribution >= 4 is 11.8 Å². The van der Waals surface area contributed by atoms with Crippen LogP contribution < -0.4 is 5.32 Å². The molecule has 0 unspecified atom stereocenters. The van der Waals surface area contributed by atoms with Crippen molar-refractivity contribution in [1.29, 1.82) is 0 Å². The fourth-order valence-electron chi connectivity index (χ4n) is 0.250. The molecule has 0 saturated carbocycles. The number of rotatable bonds is 3. The lowest BCUT2D eigenvalue weighted by molar-refractivity contribution is 0.762. The zero-order valence-corrected chi connectivity index (χ0v) is 7.85. The van der Waals surface area contributed by atoms with Crippen molar-refractivity contribution in [2.45, 2.75) is 20.8 Å². The Morgan fingerprint density at radius 2 is 1.44 bits per heavy atom. The number of thioether (sulfide) groups is 1. The fraction of sp³-hybridized carbons (Fsp3) is 1.00. The largest absolute Gasteiger partial charge is 0.317 e. The van der Waals surface area contributed by atoms with Crippen molar-refractivity contribution in [2.24, 2.45) is 0 Å². The van der Waals surface area contributed by atoms with Crippen LogP contribution in [0.25, 0.3) is 0 Å². The minimum atomic E-state index is 1.09. The van der Waals surface area contributed by atoms with Gasteiger partial charge >= 0.3 is 0 Å². The van der Waals surface area contributed by atoms with Gasteiger partial charge in [0.1, 0.15) is 0 Å². The number of hydrogen-bond acceptors (Lipinski definition) is 2. The summed E-state index contributed by atoms with van der Waals surface area (Å²) in [6, 6.07) is 0. The molecule has 0 aliphatic carbocycles. The standard InChI is InChI=1S/C4H11N.C3H8S/c1-3-5-4-2;1-3-4-2/h5H,3-4H2,1-2H3;3H2,1-2H3. The maximum atomic E-state index is 3.11. The van der Waals surface area contributed by atoms with E-state index in [2.05, 4.69) is 32.3 Å². The summed E-state index contributed by atoms with van der Waals surface area (Å²) in [7, 11) is 0. The summed E-state index contributed by atoms with van der Waals surface area (Å²) in [5, 5.41) is 3.11. The highest BCUT2D eigenvalue weighted by Crippen LogP contribution is 1.83. The molecule has 0 fully saturated rings. The molecule has 0 rings (SSSR count). The third-order valence-electron chi connectivity index (χ3n) is 0.789. The molecule has 0 aromatic heterocycles. The molecule has 1 nitrogen and oxygen atoms in total. The predicted octanol–water partition coefficient (Wildman–Crippen LogP) is 1.99. The van der Waals surface area contributed by atoms with E-state index in [-0.39, 0.29) is 0 Å². The maximum absolute atomic E-state index is 3.11. The van der Waals surface area contributed by atoms with Crippen molar-refractivity contribution in [2.75, 3.05) is 25.1 Å². The van der Waals surface area contributed by atoms with Crippen LogP contribution in [-0.4, -0.2) is 25.1 Å². The molecule has 0 saturated heterocycles. The number of hydrogen-bond donors (Lipinski definition) is 1. The van der Waals surface area contributed by atoms with E-state index in [1.165, 1.54) is 5.75 Å². The first-order valence-corrected chi connectivity index (χ1v) is 4.92. The van der Waals surface area contributed by atoms with Crippen LogP contribution in [0.1, 0.15) is 20.8 Å². The van der Waals surface area contributed by atoms with E-state index in [9.17, 15) is 0 Å². The summed E-state index contributed by atoms with van der Waals surface area (Å²) < 4.78 is 0. The fourth-order valence-corrected chi connectivity index (χ4v) is 0.250. The van der Waals surface area contributed by atoms with Crippen LogP contribution in [0.4, 0.5) is 0 Å². The summed E-state index contributed by atoms with van der Waals surface area (Å²) in [4.78, 5) is 0. The summed E-state index contributed by atoms with van der Waals surface area (Å²) >= 11 is 1.86. The van der Waals surface area contributed by atoms with Gasteiger partial charge in [0.2, 0.25) is 0 Å². The Hall–Kier alpha value is 0.310. The Balaban J connectivity index is 0. The molecule has 0 spiro atoms. The predicted molar refractivity (Wildman–Crippen MR) is 48.3 cm³/mol. The van der Waals surface area contributed by atoms with Gasteiger partial charge in [0.15, 0.2) is 0 Å². The van der Waals surface area contributed by atoms with Crippen LogP contribution in [-0.2, 0) is 0 Å². The first kappa shape index (κ1) is 12.0. The average molecular weight is 149 g/mol. The van der Waals surface area contributed by atoms with Crippen LogP contribution in [0.5, 0.6) is 0 Å². The smallest absolute Gasteiger partial charge is 0.00775 e. The van der Waals surface area contributed by atoms with Gasteiger partial charge in [-0.1, -0.05) is 20.8 Å². The van der Waals surface area contributed by atoms with Gasteiger partial charge in [-0.05, 0) is 25.1 Å². The molecule has 0 amide bonds. The molecule has 9 heavy (non-hydrogen) atoms. The van der Waals surface area contributed by atoms with Crippen LogP contribution in [0, 0.1) is 0 Å². The van der Waals surface area contributed by atoms with E-state index in [1.807, 2.05) is 11.8 Å². The second-order valence-corrected chi connectivity index (χ2v) is 2.69. The highest BCUT2D eigenvalue weighted by Gasteiger charge is 1.62. The second kappa shape index (κ2) is 15.7. The lowest BCUT2D eigenvalue weighted by atomic mass is 10.7. The monoisotopic (exact) mass is 149 g/mol. The van der Waals surface area contributed by atoms with Crippen molar-refractivity contribution in [3.05, 3.63) is 0 Å². The molecular formula is C7H19NS. The Kier molecular flexibility index (Phi) is 21.1. The van der Waals surface area contributed by atoms with Gasteiger partial charge in [0.25, 0.3) is 0 Å². The summed E-state index contributed by atoms with van der Waals surface area (Å²) in [6.45, 7) is 8.53. The van der Waals surface area contributed by atoms with Crippen LogP contribution in [0.3, 0.4) is 0 Å². The summed E-state index contributed by atoms with van der Waals surface area (Å²) in [5.74, 6) is 1.24. The Labute approximate surface area is 63.6 Å². The van der Waals surface area contributed by atoms with Gasteiger partial charge in [-0.3, -0.25) is 0 Å². The zero-order chi connectivity index (χ0) is 7.54. The summed E-state index contributed by atoms with van der Waals surface area (Å²) in [5.41, 5.74) is 0. The molecule has 0 aliphatic heterocycles. The van der Waals surface area contributed by atoms with Crippen molar-refractivity contribution in [3.63, 3.8) is 0 Å². The minimum Gasteiger partial charge on any atom is -0.317 e. The van der Waals surface area contributed by atoms with E-state index in [0.717, 1.165) is 13.1 Å². The van der Waals surface area contributed by atoms with Gasteiger partial charge in [-0.2, -0.15) is 11.8 Å². The Bertz CT molecular complexity index is 28.1. The average Bonchev–Trinajstić information content (AvgIpc) is 1.91. The lowest BCUT2D eigenvalue weighted by Gasteiger charge is -1.86. The van der Waals surface area contributed by atoms with Gasteiger partial charge in [-0.15, -0.1) is 0 Å². The molecule has 0 aromatic rings. The van der Waals surface area contributed by atoms with Gasteiger partial charge in [0, 0.05) is 0 Å². The zero-order valence-electron chi connectivity index (χ0n) is 7.03. The summed E-state index contributed by atoms with van der Waals surface area (Å²) in [6.07, 6.45) is 2.10. The molecule has 58 valence electrons. The molecule has 0 aromatic carbocycles. The maximum Gasteiger partial charge on any atom is -0.00775 e. The third-order valence-corrected chi connectivity index (χ3v) is 1.37. The Morgan fingerprint density at radius 1 is 1.11 bits per heavy atom. The van der Waals surface area contributed by atoms with Crippen LogP contribution in [0.15, 0.2) is 0 Å². The van der Waals surface area contributed by atoms with E-state index in [4.69, 9.17) is 0 Å². The normalized spacial score (nSPS) is 8.00. The second-order valence-electron chi connectivity index (χ2n) is 1.53. The van der Waals surface area contributed by atoms with E-state index in [0.29, 0.717) is 0 Å². The molecule has 0 radical (unpaired) electrons. The third kappa shape index (κ3) is 30.2. The highest BCUT2D eigenvalue weighted by atomic mass is 32.2. The molecule has 0 atom stereocenters. The highest BCUT2D eigenvalue weighted by molar-refractivity contribution is 7.98. The topological polar surface area (TPSA) is 12.0 Å². The van der Waals surface area contributed by atoms with Crippen LogP contribution in [0.2, 0.25) is 0 Å². The molecular weight excluding hydrogens is 130 g/mol. The quantitative estimate of drug-likeness (QED) is 0.658. The van der Waals surface area contributed by atoms with Crippen LogP contribution >= 0.6 is 11.8 Å².